The van der Waals surface area contributed by atoms with E-state index < -0.39 is 0 Å². The first-order chi connectivity index (χ1) is 7.59. The maximum Gasteiger partial charge on any atom is 0.0624 e. The van der Waals surface area contributed by atoms with Gasteiger partial charge in [0.1, 0.15) is 0 Å². The smallest absolute Gasteiger partial charge is 0.0624 e. The van der Waals surface area contributed by atoms with E-state index in [0.717, 1.165) is 19.3 Å². The first-order valence-electron chi connectivity index (χ1n) is 6.64. The van der Waals surface area contributed by atoms with Crippen molar-refractivity contribution in [1.29, 1.82) is 5.26 Å². The Hall–Kier alpha value is -0.550. The third-order valence-corrected chi connectivity index (χ3v) is 5.26. The number of nitrogens with zero attached hydrogens (tertiary/aromatic N) is 1. The summed E-state index contributed by atoms with van der Waals surface area (Å²) >= 11 is 0. The quantitative estimate of drug-likeness (QED) is 0.778. The van der Waals surface area contributed by atoms with Gasteiger partial charge in [-0.1, -0.05) is 20.3 Å². The number of hydrogen-bond donors (Lipinski definition) is 1. The van der Waals surface area contributed by atoms with Crippen LogP contribution in [0.2, 0.25) is 0 Å². The minimum Gasteiger partial charge on any atom is -0.393 e. The van der Waals surface area contributed by atoms with Gasteiger partial charge in [0.15, 0.2) is 0 Å². The van der Waals surface area contributed by atoms with Gasteiger partial charge in [0.25, 0.3) is 0 Å². The second-order valence-electron chi connectivity index (χ2n) is 6.10. The summed E-state index contributed by atoms with van der Waals surface area (Å²) in [5.41, 5.74) is 0.300. The number of hydrogen-bond acceptors (Lipinski definition) is 2. The van der Waals surface area contributed by atoms with Crippen LogP contribution in [0.25, 0.3) is 0 Å². The summed E-state index contributed by atoms with van der Waals surface area (Å²) in [6, 6.07) is 2.31. The van der Waals surface area contributed by atoms with Crippen LogP contribution in [-0.2, 0) is 0 Å². The minimum atomic E-state index is -0.0852. The van der Waals surface area contributed by atoms with Gasteiger partial charge in [0.05, 0.1) is 12.2 Å². The van der Waals surface area contributed by atoms with Crippen LogP contribution in [0.5, 0.6) is 0 Å². The van der Waals surface area contributed by atoms with Crippen LogP contribution in [-0.4, -0.2) is 11.2 Å². The van der Waals surface area contributed by atoms with E-state index in [0.29, 0.717) is 29.6 Å². The zero-order valence-electron chi connectivity index (χ0n) is 10.4. The Morgan fingerprint density at radius 1 is 1.44 bits per heavy atom. The first-order valence-corrected chi connectivity index (χ1v) is 6.64. The second kappa shape index (κ2) is 4.37. The highest BCUT2D eigenvalue weighted by atomic mass is 16.3. The van der Waals surface area contributed by atoms with Crippen LogP contribution in [0.1, 0.15) is 52.4 Å². The van der Waals surface area contributed by atoms with Gasteiger partial charge >= 0.3 is 0 Å². The van der Waals surface area contributed by atoms with E-state index in [4.69, 9.17) is 5.26 Å². The Morgan fingerprint density at radius 3 is 2.88 bits per heavy atom. The summed E-state index contributed by atoms with van der Waals surface area (Å²) in [6.45, 7) is 4.56. The van der Waals surface area contributed by atoms with Gasteiger partial charge < -0.3 is 5.11 Å². The number of nitriles is 1. The fourth-order valence-electron chi connectivity index (χ4n) is 4.41. The molecule has 5 atom stereocenters. The molecule has 0 saturated heterocycles. The molecule has 2 aliphatic rings. The van der Waals surface area contributed by atoms with Crippen molar-refractivity contribution in [2.75, 3.05) is 0 Å². The Labute approximate surface area is 98.7 Å². The normalized spacial score (nSPS) is 44.8. The summed E-state index contributed by atoms with van der Waals surface area (Å²) in [4.78, 5) is 0. The highest BCUT2D eigenvalue weighted by molar-refractivity contribution is 5.02. The first kappa shape index (κ1) is 11.9. The minimum absolute atomic E-state index is 0.0852. The topological polar surface area (TPSA) is 44.0 Å². The molecule has 0 unspecified atom stereocenters. The van der Waals surface area contributed by atoms with Crippen molar-refractivity contribution < 1.29 is 5.11 Å². The molecule has 2 aliphatic carbocycles. The van der Waals surface area contributed by atoms with Crippen LogP contribution in [0.15, 0.2) is 0 Å². The van der Waals surface area contributed by atoms with Crippen LogP contribution in [0.4, 0.5) is 0 Å². The van der Waals surface area contributed by atoms with Gasteiger partial charge in [-0.05, 0) is 48.9 Å². The van der Waals surface area contributed by atoms with E-state index in [1.807, 2.05) is 0 Å². The van der Waals surface area contributed by atoms with E-state index in [1.54, 1.807) is 0 Å². The predicted molar refractivity (Wildman–Crippen MR) is 63.6 cm³/mol. The molecular weight excluding hydrogens is 198 g/mol. The SMILES string of the molecule is C[C@H](CC#N)[C@H]1CC[C@H]2[C@@H](O)CCC[C@]12C. The summed E-state index contributed by atoms with van der Waals surface area (Å²) in [5.74, 6) is 1.63. The molecule has 90 valence electrons. The average molecular weight is 221 g/mol. The summed E-state index contributed by atoms with van der Waals surface area (Å²) in [5, 5.41) is 18.9. The van der Waals surface area contributed by atoms with Gasteiger partial charge in [-0.3, -0.25) is 0 Å². The van der Waals surface area contributed by atoms with Gasteiger partial charge in [-0.25, -0.2) is 0 Å². The monoisotopic (exact) mass is 221 g/mol. The molecule has 0 amide bonds. The number of fused-ring (bicyclic) bond motifs is 1. The van der Waals surface area contributed by atoms with Gasteiger partial charge in [-0.2, -0.15) is 5.26 Å². The molecule has 0 aliphatic heterocycles. The molecule has 0 bridgehead atoms. The standard InChI is InChI=1S/C14H23NO/c1-10(7-9-15)11-5-6-12-13(16)4-3-8-14(11,12)2/h10-13,16H,3-8H2,1-2H3/t10-,11-,12+,13+,14-/m1/s1. The lowest BCUT2D eigenvalue weighted by atomic mass is 9.61. The van der Waals surface area contributed by atoms with Crippen LogP contribution in [0.3, 0.4) is 0 Å². The van der Waals surface area contributed by atoms with Crippen molar-refractivity contribution in [3.8, 4) is 6.07 Å². The maximum atomic E-state index is 10.1. The van der Waals surface area contributed by atoms with Gasteiger partial charge in [0, 0.05) is 6.42 Å². The van der Waals surface area contributed by atoms with Gasteiger partial charge in [-0.15, -0.1) is 0 Å². The molecule has 0 aromatic rings. The van der Waals surface area contributed by atoms with Gasteiger partial charge in [0.2, 0.25) is 0 Å². The molecule has 0 heterocycles. The molecule has 16 heavy (non-hydrogen) atoms. The largest absolute Gasteiger partial charge is 0.393 e. The average Bonchev–Trinajstić information content (AvgIpc) is 2.57. The van der Waals surface area contributed by atoms with Crippen LogP contribution >= 0.6 is 0 Å². The van der Waals surface area contributed by atoms with E-state index in [2.05, 4.69) is 19.9 Å². The van der Waals surface area contributed by atoms with Crippen molar-refractivity contribution in [3.63, 3.8) is 0 Å². The van der Waals surface area contributed by atoms with E-state index >= 15 is 0 Å². The van der Waals surface area contributed by atoms with Crippen molar-refractivity contribution in [1.82, 2.24) is 0 Å². The third kappa shape index (κ3) is 1.76. The maximum absolute atomic E-state index is 10.1. The Kier molecular flexibility index (Phi) is 3.26. The summed E-state index contributed by atoms with van der Waals surface area (Å²) in [6.07, 6.45) is 6.35. The fourth-order valence-corrected chi connectivity index (χ4v) is 4.41. The lowest BCUT2D eigenvalue weighted by molar-refractivity contribution is -0.0264. The lowest BCUT2D eigenvalue weighted by Crippen LogP contribution is -2.41. The molecule has 2 saturated carbocycles. The lowest BCUT2D eigenvalue weighted by Gasteiger charge is -2.44. The van der Waals surface area contributed by atoms with E-state index in [9.17, 15) is 5.11 Å². The number of aliphatic hydroxyl groups is 1. The number of rotatable bonds is 2. The highest BCUT2D eigenvalue weighted by Gasteiger charge is 2.51. The molecule has 0 aromatic carbocycles. The second-order valence-corrected chi connectivity index (χ2v) is 6.10. The van der Waals surface area contributed by atoms with Crippen LogP contribution in [0, 0.1) is 34.5 Å². The Bertz CT molecular complexity index is 296. The molecule has 0 spiro atoms. The highest BCUT2D eigenvalue weighted by Crippen LogP contribution is 2.57. The zero-order chi connectivity index (χ0) is 11.8. The Morgan fingerprint density at radius 2 is 2.19 bits per heavy atom. The molecule has 0 radical (unpaired) electrons. The molecule has 2 fully saturated rings. The van der Waals surface area contributed by atoms with E-state index in [-0.39, 0.29) is 6.10 Å². The predicted octanol–water partition coefficient (Wildman–Crippen LogP) is 3.11. The summed E-state index contributed by atoms with van der Waals surface area (Å²) in [7, 11) is 0. The molecular formula is C14H23NO. The van der Waals surface area contributed by atoms with Crippen LogP contribution < -0.4 is 0 Å². The summed E-state index contributed by atoms with van der Waals surface area (Å²) < 4.78 is 0. The van der Waals surface area contributed by atoms with Crippen molar-refractivity contribution in [2.24, 2.45) is 23.2 Å². The molecule has 0 aromatic heterocycles. The third-order valence-electron chi connectivity index (χ3n) is 5.26. The fraction of sp³-hybridized carbons (Fsp3) is 0.929. The zero-order valence-corrected chi connectivity index (χ0v) is 10.4. The van der Waals surface area contributed by atoms with E-state index in [1.165, 1.54) is 12.8 Å². The molecule has 2 heteroatoms. The molecule has 1 N–H and O–H groups in total. The van der Waals surface area contributed by atoms with Crippen molar-refractivity contribution >= 4 is 0 Å². The molecule has 2 rings (SSSR count). The van der Waals surface area contributed by atoms with Crippen molar-refractivity contribution in [3.05, 3.63) is 0 Å². The van der Waals surface area contributed by atoms with Crippen molar-refractivity contribution in [2.45, 2.75) is 58.5 Å². The molecule has 2 nitrogen and oxygen atoms in total. The number of aliphatic hydroxyl groups excluding tert-OH is 1. The Balaban J connectivity index is 2.15.